The highest BCUT2D eigenvalue weighted by Gasteiger charge is 2.07. The van der Waals surface area contributed by atoms with E-state index in [2.05, 4.69) is 0 Å². The summed E-state index contributed by atoms with van der Waals surface area (Å²) < 4.78 is 0. The Morgan fingerprint density at radius 1 is 1.11 bits per heavy atom. The summed E-state index contributed by atoms with van der Waals surface area (Å²) in [4.78, 5) is 21.6. The van der Waals surface area contributed by atoms with E-state index in [4.69, 9.17) is 35.3 Å². The first-order chi connectivity index (χ1) is 8.32. The van der Waals surface area contributed by atoms with Crippen molar-refractivity contribution in [3.05, 3.63) is 35.4 Å². The molecule has 0 fully saturated rings. The Morgan fingerprint density at radius 2 is 1.56 bits per heavy atom. The van der Waals surface area contributed by atoms with E-state index < -0.39 is 17.4 Å². The van der Waals surface area contributed by atoms with E-state index in [1.165, 1.54) is 0 Å². The summed E-state index contributed by atoms with van der Waals surface area (Å²) in [5.41, 5.74) is 1.66. The summed E-state index contributed by atoms with van der Waals surface area (Å²) in [6.07, 6.45) is -0.0366. The standard InChI is InChI=1S/C11H12O3.Al.3ClH/c1-8-2-4-9(5-3-8)10(12)6-7-11(13)14;;;;/h2-5H,6-7H2,1H3,(H,13,14);;3*1H/q;+3;;;/p-3. The van der Waals surface area contributed by atoms with Gasteiger partial charge < -0.3 is 5.11 Å². The van der Waals surface area contributed by atoms with Crippen LogP contribution < -0.4 is 0 Å². The first-order valence-electron chi connectivity index (χ1n) is 5.06. The number of hydrogen-bond acceptors (Lipinski definition) is 2. The van der Waals surface area contributed by atoms with Crippen LogP contribution in [-0.2, 0) is 4.79 Å². The molecule has 0 saturated heterocycles. The lowest BCUT2D eigenvalue weighted by Crippen LogP contribution is -2.03. The van der Waals surface area contributed by atoms with Crippen LogP contribution in [0.2, 0.25) is 0 Å². The van der Waals surface area contributed by atoms with E-state index >= 15 is 0 Å². The summed E-state index contributed by atoms with van der Waals surface area (Å²) in [7, 11) is 14.8. The SMILES string of the molecule is Cc1ccc(C(=O)CCC(=O)O)cc1.[Cl][Al]([Cl])[Cl]. The third-order valence-corrected chi connectivity index (χ3v) is 1.94. The lowest BCUT2D eigenvalue weighted by Gasteiger charge is -1.99. The van der Waals surface area contributed by atoms with Gasteiger partial charge in [-0.1, -0.05) is 29.8 Å². The number of ketones is 1. The van der Waals surface area contributed by atoms with Gasteiger partial charge in [0.1, 0.15) is 0 Å². The van der Waals surface area contributed by atoms with E-state index in [9.17, 15) is 9.59 Å². The quantitative estimate of drug-likeness (QED) is 0.678. The van der Waals surface area contributed by atoms with Crippen molar-refractivity contribution >= 4 is 53.3 Å². The van der Waals surface area contributed by atoms with Crippen molar-refractivity contribution in [1.82, 2.24) is 0 Å². The lowest BCUT2D eigenvalue weighted by molar-refractivity contribution is -0.136. The van der Waals surface area contributed by atoms with E-state index in [1.807, 2.05) is 19.1 Å². The average Bonchev–Trinajstić information content (AvgIpc) is 2.26. The van der Waals surface area contributed by atoms with Gasteiger partial charge in [0.2, 0.25) is 0 Å². The predicted molar refractivity (Wildman–Crippen MR) is 75.7 cm³/mol. The minimum Gasteiger partial charge on any atom is -0.481 e. The number of Topliss-reactive ketones (excluding diaryl/α,β-unsaturated/α-hetero) is 1. The van der Waals surface area contributed by atoms with Crippen LogP contribution in [0.15, 0.2) is 24.3 Å². The van der Waals surface area contributed by atoms with Crippen LogP contribution in [0.1, 0.15) is 28.8 Å². The highest BCUT2D eigenvalue weighted by molar-refractivity contribution is 7.54. The predicted octanol–water partition coefficient (Wildman–Crippen LogP) is 3.73. The van der Waals surface area contributed by atoms with Gasteiger partial charge >= 0.3 is 17.4 Å². The fraction of sp³-hybridized carbons (Fsp3) is 0.273. The Kier molecular flexibility index (Phi) is 9.53. The van der Waals surface area contributed by atoms with Crippen molar-refractivity contribution < 1.29 is 14.7 Å². The molecule has 0 aliphatic carbocycles. The summed E-state index contributed by atoms with van der Waals surface area (Å²) in [6, 6.07) is 7.13. The van der Waals surface area contributed by atoms with E-state index in [0.717, 1.165) is 5.56 Å². The number of hydrogen-bond donors (Lipinski definition) is 1. The molecule has 3 nitrogen and oxygen atoms in total. The molecule has 0 aliphatic heterocycles. The molecule has 0 saturated carbocycles. The van der Waals surface area contributed by atoms with Crippen molar-refractivity contribution in [2.75, 3.05) is 0 Å². The summed E-state index contributed by atoms with van der Waals surface area (Å²) in [6.45, 7) is 1.94. The largest absolute Gasteiger partial charge is 0.643 e. The minimum absolute atomic E-state index is 0.0679. The molecule has 0 bridgehead atoms. The van der Waals surface area contributed by atoms with Crippen molar-refractivity contribution in [2.45, 2.75) is 19.8 Å². The number of aryl methyl sites for hydroxylation is 1. The number of halogens is 3. The number of carbonyl (C=O) groups is 2. The molecule has 7 heteroatoms. The maximum atomic E-state index is 11.4. The van der Waals surface area contributed by atoms with E-state index in [-0.39, 0.29) is 18.6 Å². The lowest BCUT2D eigenvalue weighted by atomic mass is 10.1. The second-order valence-electron chi connectivity index (χ2n) is 3.43. The van der Waals surface area contributed by atoms with Crippen molar-refractivity contribution in [2.24, 2.45) is 0 Å². The summed E-state index contributed by atoms with van der Waals surface area (Å²) in [5, 5.41) is 8.40. The summed E-state index contributed by atoms with van der Waals surface area (Å²) in [5.74, 6) is -1.06. The van der Waals surface area contributed by atoms with Gasteiger partial charge in [-0.2, -0.15) is 0 Å². The zero-order valence-corrected chi connectivity index (χ0v) is 13.1. The fourth-order valence-electron chi connectivity index (χ4n) is 1.10. The zero-order valence-electron chi connectivity index (χ0n) is 9.70. The Hall–Kier alpha value is -0.238. The van der Waals surface area contributed by atoms with Gasteiger partial charge in [-0.25, -0.2) is 30.1 Å². The molecule has 1 N–H and O–H groups in total. The van der Waals surface area contributed by atoms with Crippen LogP contribution in [0, 0.1) is 6.92 Å². The average molecular weight is 326 g/mol. The van der Waals surface area contributed by atoms with Crippen LogP contribution in [-0.4, -0.2) is 28.2 Å². The second kappa shape index (κ2) is 9.66. The Labute approximate surface area is 123 Å². The number of carbonyl (C=O) groups excluding carboxylic acids is 1. The summed E-state index contributed by atoms with van der Waals surface area (Å²) >= 11 is -1.72. The normalized spacial score (nSPS) is 9.11. The van der Waals surface area contributed by atoms with E-state index in [1.54, 1.807) is 12.1 Å². The number of carboxylic acid groups (broad SMARTS) is 1. The van der Waals surface area contributed by atoms with Crippen molar-refractivity contribution in [1.29, 1.82) is 0 Å². The van der Waals surface area contributed by atoms with Gasteiger partial charge in [0.15, 0.2) is 5.78 Å². The number of carboxylic acids is 1. The maximum Gasteiger partial charge on any atom is 0.643 e. The third kappa shape index (κ3) is 9.76. The van der Waals surface area contributed by atoms with E-state index in [0.29, 0.717) is 5.56 Å². The van der Waals surface area contributed by atoms with Gasteiger partial charge in [0, 0.05) is 12.0 Å². The molecular formula is C11H12AlCl3O3. The molecule has 0 heterocycles. The van der Waals surface area contributed by atoms with Gasteiger partial charge in [0.25, 0.3) is 0 Å². The molecule has 0 atom stereocenters. The molecule has 0 aromatic heterocycles. The topological polar surface area (TPSA) is 54.4 Å². The molecule has 0 aliphatic rings. The fourth-order valence-corrected chi connectivity index (χ4v) is 1.10. The molecule has 98 valence electrons. The highest BCUT2D eigenvalue weighted by Crippen LogP contribution is 2.07. The smallest absolute Gasteiger partial charge is 0.481 e. The van der Waals surface area contributed by atoms with Gasteiger partial charge in [-0.05, 0) is 6.92 Å². The molecule has 1 aromatic rings. The van der Waals surface area contributed by atoms with Crippen LogP contribution >= 0.6 is 30.1 Å². The maximum absolute atomic E-state index is 11.4. The Morgan fingerprint density at radius 3 is 1.94 bits per heavy atom. The number of aliphatic carboxylic acids is 1. The Balaban J connectivity index is 0.000000631. The molecule has 0 radical (unpaired) electrons. The number of rotatable bonds is 4. The van der Waals surface area contributed by atoms with Crippen LogP contribution in [0.5, 0.6) is 0 Å². The second-order valence-corrected chi connectivity index (χ2v) is 9.86. The van der Waals surface area contributed by atoms with Crippen LogP contribution in [0.3, 0.4) is 0 Å². The molecule has 1 rings (SSSR count). The van der Waals surface area contributed by atoms with Gasteiger partial charge in [-0.15, -0.1) is 0 Å². The molecule has 1 aromatic carbocycles. The zero-order chi connectivity index (χ0) is 14.1. The first-order valence-corrected chi connectivity index (χ1v) is 10.3. The van der Waals surface area contributed by atoms with Crippen LogP contribution in [0.25, 0.3) is 0 Å². The van der Waals surface area contributed by atoms with Crippen molar-refractivity contribution in [3.63, 3.8) is 0 Å². The minimum atomic E-state index is -1.72. The van der Waals surface area contributed by atoms with Gasteiger partial charge in [0.05, 0.1) is 6.42 Å². The monoisotopic (exact) mass is 324 g/mol. The molecule has 0 spiro atoms. The molecule has 18 heavy (non-hydrogen) atoms. The molecular weight excluding hydrogens is 313 g/mol. The molecule has 0 unspecified atom stereocenters. The van der Waals surface area contributed by atoms with Gasteiger partial charge in [-0.3, -0.25) is 9.59 Å². The molecule has 0 amide bonds. The highest BCUT2D eigenvalue weighted by atomic mass is 35.8. The third-order valence-electron chi connectivity index (χ3n) is 1.94. The van der Waals surface area contributed by atoms with Crippen LogP contribution in [0.4, 0.5) is 0 Å². The van der Waals surface area contributed by atoms with Crippen molar-refractivity contribution in [3.8, 4) is 0 Å². The number of benzene rings is 1. The first kappa shape index (κ1) is 17.8. The Bertz CT molecular complexity index is 390.